The molecule has 0 atom stereocenters. The van der Waals surface area contributed by atoms with E-state index in [4.69, 9.17) is 5.21 Å². The van der Waals surface area contributed by atoms with E-state index in [1.165, 1.54) is 22.7 Å². The molecule has 0 aromatic carbocycles. The monoisotopic (exact) mass is 282 g/mol. The summed E-state index contributed by atoms with van der Waals surface area (Å²) in [5.41, 5.74) is 3.27. The number of anilines is 1. The molecule has 0 unspecified atom stereocenters. The Bertz CT molecular complexity index is 603. The van der Waals surface area contributed by atoms with E-state index in [-0.39, 0.29) is 5.91 Å². The molecule has 0 aliphatic rings. The summed E-state index contributed by atoms with van der Waals surface area (Å²) < 4.78 is 0. The Hall–Kier alpha value is -1.80. The first-order valence-electron chi connectivity index (χ1n) is 4.98. The van der Waals surface area contributed by atoms with Crippen LogP contribution in [0.5, 0.6) is 0 Å². The minimum atomic E-state index is -0.227. The topological polar surface area (TPSA) is 87.5 Å². The molecule has 8 heteroatoms. The van der Waals surface area contributed by atoms with Crippen LogP contribution in [0.3, 0.4) is 0 Å². The van der Waals surface area contributed by atoms with Crippen molar-refractivity contribution in [2.45, 2.75) is 13.8 Å². The third-order valence-electron chi connectivity index (χ3n) is 2.20. The highest BCUT2D eigenvalue weighted by Crippen LogP contribution is 2.19. The summed E-state index contributed by atoms with van der Waals surface area (Å²) >= 11 is 2.56. The molecule has 0 saturated carbocycles. The fraction of sp³-hybridized carbons (Fsp3) is 0.200. The molecule has 0 radical (unpaired) electrons. The van der Waals surface area contributed by atoms with E-state index in [2.05, 4.69) is 20.4 Å². The Labute approximate surface area is 111 Å². The van der Waals surface area contributed by atoms with Crippen molar-refractivity contribution in [3.05, 3.63) is 27.2 Å². The number of aryl methyl sites for hydroxylation is 1. The average Bonchev–Trinajstić information content (AvgIpc) is 2.97. The average molecular weight is 282 g/mol. The van der Waals surface area contributed by atoms with Gasteiger partial charge >= 0.3 is 0 Å². The van der Waals surface area contributed by atoms with Gasteiger partial charge in [-0.2, -0.15) is 0 Å². The number of rotatable bonds is 3. The van der Waals surface area contributed by atoms with Gasteiger partial charge in [-0.05, 0) is 13.8 Å². The van der Waals surface area contributed by atoms with Crippen molar-refractivity contribution in [3.8, 4) is 0 Å². The summed E-state index contributed by atoms with van der Waals surface area (Å²) in [5.74, 6) is -0.227. The number of aromatic nitrogens is 2. The minimum Gasteiger partial charge on any atom is -0.411 e. The van der Waals surface area contributed by atoms with E-state index >= 15 is 0 Å². The van der Waals surface area contributed by atoms with Crippen LogP contribution in [0.2, 0.25) is 0 Å². The predicted molar refractivity (Wildman–Crippen MR) is 70.9 cm³/mol. The largest absolute Gasteiger partial charge is 0.411 e. The van der Waals surface area contributed by atoms with E-state index in [9.17, 15) is 4.79 Å². The Morgan fingerprint density at radius 2 is 2.28 bits per heavy atom. The summed E-state index contributed by atoms with van der Waals surface area (Å²) in [6.07, 6.45) is 0. The molecule has 0 spiro atoms. The Kier molecular flexibility index (Phi) is 3.68. The van der Waals surface area contributed by atoms with Crippen LogP contribution in [-0.2, 0) is 0 Å². The number of carbonyl (C=O) groups is 1. The lowest BCUT2D eigenvalue weighted by atomic mass is 10.3. The Balaban J connectivity index is 2.13. The van der Waals surface area contributed by atoms with E-state index in [1.54, 1.807) is 24.7 Å². The lowest BCUT2D eigenvalue weighted by molar-refractivity contribution is 0.103. The fourth-order valence-corrected chi connectivity index (χ4v) is 2.67. The molecule has 6 nitrogen and oxygen atoms in total. The third kappa shape index (κ3) is 2.54. The zero-order valence-electron chi connectivity index (χ0n) is 9.67. The van der Waals surface area contributed by atoms with Gasteiger partial charge in [0, 0.05) is 5.38 Å². The summed E-state index contributed by atoms with van der Waals surface area (Å²) in [4.78, 5) is 20.6. The number of oxime groups is 1. The zero-order chi connectivity index (χ0) is 13.1. The SMILES string of the molecule is CC(=NO)c1csc(NC(=O)c2scnc2C)n1. The molecule has 2 heterocycles. The standard InChI is InChI=1S/C10H10N4O2S2/c1-5(14-16)7-3-17-10(12-7)13-9(15)8-6(2)11-4-18-8/h3-4,16H,1-2H3,(H,12,13,15). The molecule has 2 rings (SSSR count). The molecule has 2 aromatic rings. The van der Waals surface area contributed by atoms with Gasteiger partial charge in [0.1, 0.15) is 16.3 Å². The van der Waals surface area contributed by atoms with Crippen molar-refractivity contribution in [1.82, 2.24) is 9.97 Å². The number of nitrogens with zero attached hydrogens (tertiary/aromatic N) is 3. The second-order valence-electron chi connectivity index (χ2n) is 3.44. The second kappa shape index (κ2) is 5.23. The van der Waals surface area contributed by atoms with Gasteiger partial charge in [-0.25, -0.2) is 9.97 Å². The Morgan fingerprint density at radius 3 is 2.89 bits per heavy atom. The van der Waals surface area contributed by atoms with Crippen LogP contribution in [0.25, 0.3) is 0 Å². The maximum Gasteiger partial charge on any atom is 0.269 e. The smallest absolute Gasteiger partial charge is 0.269 e. The highest BCUT2D eigenvalue weighted by Gasteiger charge is 2.14. The quantitative estimate of drug-likeness (QED) is 0.514. The second-order valence-corrected chi connectivity index (χ2v) is 5.16. The van der Waals surface area contributed by atoms with Gasteiger partial charge in [0.15, 0.2) is 5.13 Å². The van der Waals surface area contributed by atoms with E-state index in [0.29, 0.717) is 27.1 Å². The molecular formula is C10H10N4O2S2. The van der Waals surface area contributed by atoms with Crippen molar-refractivity contribution >= 4 is 39.4 Å². The molecule has 2 aromatic heterocycles. The van der Waals surface area contributed by atoms with Crippen LogP contribution < -0.4 is 5.32 Å². The summed E-state index contributed by atoms with van der Waals surface area (Å²) in [7, 11) is 0. The zero-order valence-corrected chi connectivity index (χ0v) is 11.3. The highest BCUT2D eigenvalue weighted by atomic mass is 32.1. The van der Waals surface area contributed by atoms with Crippen molar-refractivity contribution in [3.63, 3.8) is 0 Å². The first kappa shape index (κ1) is 12.7. The molecule has 0 bridgehead atoms. The number of hydrogen-bond donors (Lipinski definition) is 2. The van der Waals surface area contributed by atoms with Gasteiger partial charge in [0.25, 0.3) is 5.91 Å². The first-order valence-corrected chi connectivity index (χ1v) is 6.73. The molecule has 0 saturated heterocycles. The van der Waals surface area contributed by atoms with Gasteiger partial charge in [-0.3, -0.25) is 10.1 Å². The highest BCUT2D eigenvalue weighted by molar-refractivity contribution is 7.14. The number of hydrogen-bond acceptors (Lipinski definition) is 7. The summed E-state index contributed by atoms with van der Waals surface area (Å²) in [6.45, 7) is 3.41. The third-order valence-corrected chi connectivity index (χ3v) is 3.88. The van der Waals surface area contributed by atoms with Crippen LogP contribution >= 0.6 is 22.7 Å². The minimum absolute atomic E-state index is 0.227. The molecule has 94 valence electrons. The van der Waals surface area contributed by atoms with Crippen molar-refractivity contribution in [1.29, 1.82) is 0 Å². The number of nitrogens with one attached hydrogen (secondary N) is 1. The molecule has 0 aliphatic carbocycles. The molecule has 1 amide bonds. The van der Waals surface area contributed by atoms with Crippen LogP contribution in [0.15, 0.2) is 16.0 Å². The van der Waals surface area contributed by atoms with Crippen molar-refractivity contribution in [2.24, 2.45) is 5.16 Å². The number of amides is 1. The molecule has 0 fully saturated rings. The number of thiazole rings is 2. The van der Waals surface area contributed by atoms with Gasteiger partial charge in [-0.1, -0.05) is 5.16 Å². The lowest BCUT2D eigenvalue weighted by Crippen LogP contribution is -2.11. The lowest BCUT2D eigenvalue weighted by Gasteiger charge is -1.98. The summed E-state index contributed by atoms with van der Waals surface area (Å²) in [5, 5.41) is 16.5. The molecular weight excluding hydrogens is 272 g/mol. The summed E-state index contributed by atoms with van der Waals surface area (Å²) in [6, 6.07) is 0. The van der Waals surface area contributed by atoms with Gasteiger partial charge in [0.05, 0.1) is 11.2 Å². The van der Waals surface area contributed by atoms with Crippen LogP contribution in [0.1, 0.15) is 28.0 Å². The maximum absolute atomic E-state index is 11.9. The molecule has 18 heavy (non-hydrogen) atoms. The van der Waals surface area contributed by atoms with Crippen molar-refractivity contribution in [2.75, 3.05) is 5.32 Å². The molecule has 2 N–H and O–H groups in total. The van der Waals surface area contributed by atoms with Crippen LogP contribution in [-0.4, -0.2) is 26.8 Å². The van der Waals surface area contributed by atoms with Gasteiger partial charge in [-0.15, -0.1) is 22.7 Å². The Morgan fingerprint density at radius 1 is 1.50 bits per heavy atom. The van der Waals surface area contributed by atoms with E-state index in [1.807, 2.05) is 0 Å². The van der Waals surface area contributed by atoms with Crippen LogP contribution in [0.4, 0.5) is 5.13 Å². The maximum atomic E-state index is 11.9. The molecule has 0 aliphatic heterocycles. The fourth-order valence-electron chi connectivity index (χ4n) is 1.22. The van der Waals surface area contributed by atoms with E-state index < -0.39 is 0 Å². The first-order chi connectivity index (χ1) is 8.61. The van der Waals surface area contributed by atoms with E-state index in [0.717, 1.165) is 0 Å². The normalized spacial score (nSPS) is 11.6. The predicted octanol–water partition coefficient (Wildman–Crippen LogP) is 2.36. The van der Waals surface area contributed by atoms with Crippen LogP contribution in [0, 0.1) is 6.92 Å². The number of carbonyl (C=O) groups excluding carboxylic acids is 1. The van der Waals surface area contributed by atoms with Crippen molar-refractivity contribution < 1.29 is 10.0 Å². The van der Waals surface area contributed by atoms with Gasteiger partial charge < -0.3 is 5.21 Å². The van der Waals surface area contributed by atoms with Gasteiger partial charge in [0.2, 0.25) is 0 Å².